The van der Waals surface area contributed by atoms with Gasteiger partial charge < -0.3 is 11.1 Å². The lowest BCUT2D eigenvalue weighted by Gasteiger charge is -2.17. The van der Waals surface area contributed by atoms with Crippen LogP contribution in [0.2, 0.25) is 0 Å². The first kappa shape index (κ1) is 13.2. The summed E-state index contributed by atoms with van der Waals surface area (Å²) < 4.78 is 0. The van der Waals surface area contributed by atoms with E-state index in [1.54, 1.807) is 18.2 Å². The standard InChI is InChI=1S/C13H18N2O2/c1-13(2,3)12(17)15-8-9-5-4-6-10(7-9)11(14)16/h4-7H,8H2,1-3H3,(H2,14,16)(H,15,17). The molecule has 0 bridgehead atoms. The topological polar surface area (TPSA) is 72.2 Å². The van der Waals surface area contributed by atoms with Gasteiger partial charge in [-0.1, -0.05) is 32.9 Å². The van der Waals surface area contributed by atoms with Crippen molar-refractivity contribution in [1.29, 1.82) is 0 Å². The summed E-state index contributed by atoms with van der Waals surface area (Å²) in [5.41, 5.74) is 6.08. The van der Waals surface area contributed by atoms with Gasteiger partial charge in [0.05, 0.1) is 0 Å². The van der Waals surface area contributed by atoms with E-state index < -0.39 is 11.3 Å². The Morgan fingerprint density at radius 2 is 1.94 bits per heavy atom. The summed E-state index contributed by atoms with van der Waals surface area (Å²) in [7, 11) is 0. The van der Waals surface area contributed by atoms with Crippen molar-refractivity contribution in [2.45, 2.75) is 27.3 Å². The van der Waals surface area contributed by atoms with Gasteiger partial charge in [-0.25, -0.2) is 0 Å². The number of carbonyl (C=O) groups is 2. The summed E-state index contributed by atoms with van der Waals surface area (Å²) >= 11 is 0. The molecule has 0 aliphatic heterocycles. The van der Waals surface area contributed by atoms with E-state index in [0.29, 0.717) is 12.1 Å². The Balaban J connectivity index is 2.67. The van der Waals surface area contributed by atoms with Gasteiger partial charge in [0.2, 0.25) is 11.8 Å². The largest absolute Gasteiger partial charge is 0.366 e. The van der Waals surface area contributed by atoms with Crippen LogP contribution < -0.4 is 11.1 Å². The lowest BCUT2D eigenvalue weighted by atomic mass is 9.95. The third-order valence-electron chi connectivity index (χ3n) is 2.35. The van der Waals surface area contributed by atoms with Crippen LogP contribution in [0, 0.1) is 5.41 Å². The zero-order valence-electron chi connectivity index (χ0n) is 10.4. The molecule has 0 unspecified atom stereocenters. The number of benzene rings is 1. The Labute approximate surface area is 101 Å². The molecule has 0 saturated carbocycles. The van der Waals surface area contributed by atoms with Crippen LogP contribution in [0.15, 0.2) is 24.3 Å². The molecule has 0 heterocycles. The average molecular weight is 234 g/mol. The Kier molecular flexibility index (Phi) is 3.89. The first-order valence-electron chi connectivity index (χ1n) is 5.48. The number of amides is 2. The molecule has 3 N–H and O–H groups in total. The predicted octanol–water partition coefficient (Wildman–Crippen LogP) is 1.45. The molecule has 1 aromatic carbocycles. The van der Waals surface area contributed by atoms with Crippen molar-refractivity contribution in [3.8, 4) is 0 Å². The highest BCUT2D eigenvalue weighted by atomic mass is 16.2. The predicted molar refractivity (Wildman–Crippen MR) is 66.3 cm³/mol. The molecule has 1 rings (SSSR count). The monoisotopic (exact) mass is 234 g/mol. The summed E-state index contributed by atoms with van der Waals surface area (Å²) in [6, 6.07) is 6.93. The van der Waals surface area contributed by atoms with Crippen molar-refractivity contribution in [2.75, 3.05) is 0 Å². The van der Waals surface area contributed by atoms with Crippen LogP contribution in [-0.4, -0.2) is 11.8 Å². The maximum atomic E-state index is 11.7. The molecule has 4 nitrogen and oxygen atoms in total. The molecule has 1 aromatic rings. The molecule has 0 atom stereocenters. The molecule has 17 heavy (non-hydrogen) atoms. The van der Waals surface area contributed by atoms with Gasteiger partial charge in [-0.05, 0) is 17.7 Å². The van der Waals surface area contributed by atoms with Gasteiger partial charge in [0.1, 0.15) is 0 Å². The zero-order valence-corrected chi connectivity index (χ0v) is 10.4. The molecule has 0 aromatic heterocycles. The van der Waals surface area contributed by atoms with E-state index in [1.807, 2.05) is 26.8 Å². The molecular weight excluding hydrogens is 216 g/mol. The van der Waals surface area contributed by atoms with E-state index >= 15 is 0 Å². The third kappa shape index (κ3) is 3.90. The number of nitrogens with two attached hydrogens (primary N) is 1. The van der Waals surface area contributed by atoms with Crippen LogP contribution in [0.1, 0.15) is 36.7 Å². The average Bonchev–Trinajstić information content (AvgIpc) is 2.25. The highest BCUT2D eigenvalue weighted by Gasteiger charge is 2.20. The molecule has 0 aliphatic carbocycles. The van der Waals surface area contributed by atoms with Gasteiger partial charge in [0.15, 0.2) is 0 Å². The first-order valence-corrected chi connectivity index (χ1v) is 5.48. The quantitative estimate of drug-likeness (QED) is 0.830. The number of hydrogen-bond donors (Lipinski definition) is 2. The summed E-state index contributed by atoms with van der Waals surface area (Å²) in [4.78, 5) is 22.6. The molecule has 4 heteroatoms. The van der Waals surface area contributed by atoms with Crippen molar-refractivity contribution in [2.24, 2.45) is 11.1 Å². The fourth-order valence-electron chi connectivity index (χ4n) is 1.28. The van der Waals surface area contributed by atoms with Gasteiger partial charge in [0, 0.05) is 17.5 Å². The molecule has 0 fully saturated rings. The van der Waals surface area contributed by atoms with Crippen LogP contribution in [0.5, 0.6) is 0 Å². The van der Waals surface area contributed by atoms with E-state index in [2.05, 4.69) is 5.32 Å². The Morgan fingerprint density at radius 1 is 1.29 bits per heavy atom. The normalized spacial score (nSPS) is 11.0. The molecule has 2 amide bonds. The zero-order chi connectivity index (χ0) is 13.1. The second-order valence-corrected chi connectivity index (χ2v) is 5.00. The summed E-state index contributed by atoms with van der Waals surface area (Å²) in [5.74, 6) is -0.490. The molecule has 0 aliphatic rings. The SMILES string of the molecule is CC(C)(C)C(=O)NCc1cccc(C(N)=O)c1. The maximum absolute atomic E-state index is 11.7. The van der Waals surface area contributed by atoms with Gasteiger partial charge in [0.25, 0.3) is 0 Å². The van der Waals surface area contributed by atoms with E-state index in [9.17, 15) is 9.59 Å². The molecule has 0 saturated heterocycles. The van der Waals surface area contributed by atoms with Crippen molar-refractivity contribution >= 4 is 11.8 Å². The second kappa shape index (κ2) is 4.99. The lowest BCUT2D eigenvalue weighted by molar-refractivity contribution is -0.128. The van der Waals surface area contributed by atoms with E-state index in [4.69, 9.17) is 5.73 Å². The summed E-state index contributed by atoms with van der Waals surface area (Å²) in [5, 5.41) is 2.81. The second-order valence-electron chi connectivity index (χ2n) is 5.00. The van der Waals surface area contributed by atoms with Crippen molar-refractivity contribution in [3.05, 3.63) is 35.4 Å². The first-order chi connectivity index (χ1) is 7.80. The Morgan fingerprint density at radius 3 is 2.47 bits per heavy atom. The minimum absolute atomic E-state index is 0.0259. The van der Waals surface area contributed by atoms with Crippen molar-refractivity contribution < 1.29 is 9.59 Å². The van der Waals surface area contributed by atoms with Crippen molar-refractivity contribution in [1.82, 2.24) is 5.32 Å². The number of primary amides is 1. The number of nitrogens with one attached hydrogen (secondary N) is 1. The van der Waals surface area contributed by atoms with Crippen LogP contribution in [0.3, 0.4) is 0 Å². The summed E-state index contributed by atoms with van der Waals surface area (Å²) in [6.45, 7) is 5.95. The molecular formula is C13H18N2O2. The minimum atomic E-state index is -0.464. The molecule has 92 valence electrons. The minimum Gasteiger partial charge on any atom is -0.366 e. The van der Waals surface area contributed by atoms with Crippen LogP contribution in [0.4, 0.5) is 0 Å². The fraction of sp³-hybridized carbons (Fsp3) is 0.385. The molecule has 0 spiro atoms. The highest BCUT2D eigenvalue weighted by molar-refractivity contribution is 5.92. The fourth-order valence-corrected chi connectivity index (χ4v) is 1.28. The summed E-state index contributed by atoms with van der Waals surface area (Å²) in [6.07, 6.45) is 0. The van der Waals surface area contributed by atoms with Gasteiger partial charge in [-0.3, -0.25) is 9.59 Å². The third-order valence-corrected chi connectivity index (χ3v) is 2.35. The van der Waals surface area contributed by atoms with E-state index in [1.165, 1.54) is 0 Å². The van der Waals surface area contributed by atoms with Crippen LogP contribution >= 0.6 is 0 Å². The van der Waals surface area contributed by atoms with Crippen molar-refractivity contribution in [3.63, 3.8) is 0 Å². The van der Waals surface area contributed by atoms with Crippen LogP contribution in [0.25, 0.3) is 0 Å². The maximum Gasteiger partial charge on any atom is 0.248 e. The molecule has 0 radical (unpaired) electrons. The highest BCUT2D eigenvalue weighted by Crippen LogP contribution is 2.13. The number of carbonyl (C=O) groups excluding carboxylic acids is 2. The Bertz CT molecular complexity index is 433. The van der Waals surface area contributed by atoms with E-state index in [-0.39, 0.29) is 5.91 Å². The van der Waals surface area contributed by atoms with Gasteiger partial charge >= 0.3 is 0 Å². The van der Waals surface area contributed by atoms with Gasteiger partial charge in [-0.15, -0.1) is 0 Å². The number of rotatable bonds is 3. The number of hydrogen-bond acceptors (Lipinski definition) is 2. The lowest BCUT2D eigenvalue weighted by Crippen LogP contribution is -2.34. The van der Waals surface area contributed by atoms with Crippen LogP contribution in [-0.2, 0) is 11.3 Å². The van der Waals surface area contributed by atoms with Gasteiger partial charge in [-0.2, -0.15) is 0 Å². The Hall–Kier alpha value is -1.84. The van der Waals surface area contributed by atoms with E-state index in [0.717, 1.165) is 5.56 Å². The smallest absolute Gasteiger partial charge is 0.248 e.